The van der Waals surface area contributed by atoms with Gasteiger partial charge in [-0.3, -0.25) is 33.6 Å². The number of carbonyl (C=O) groups is 7. The molecule has 17 nitrogen and oxygen atoms in total. The Morgan fingerprint density at radius 2 is 1.15 bits per heavy atom. The quantitative estimate of drug-likeness (QED) is 0.0572. The standard InChI is InChI=1S/C55H88N6O11/c1-10-31(4)48(56)51(66)59-27-44(63)70-37-22-23-54(8)36(24-37)25-41(71-45(64)28-60-52(67)49(57)32(5)11-2)47-39-20-19-38(34(7)18-21-43(62)69-30-35-16-14-13-15-17-35)55(39,9)42(26-40(47)54)72-46(65)29-61-53(68)50(58)33(6)12-3/h13-17,31-34,36-42,47-50H,10-12,18-30,56-58H2,1-9H3,(H,59,66)(H,60,67)(H,61,68)/t31-,32-,33-,34+,36-,37+,38+,39-,40-,41+,42-,47-,48-,49-,50-,54-,55+/m0/s1. The Labute approximate surface area is 428 Å². The Morgan fingerprint density at radius 1 is 0.639 bits per heavy atom. The van der Waals surface area contributed by atoms with Crippen LogP contribution in [0, 0.1) is 64.1 Å². The van der Waals surface area contributed by atoms with E-state index in [1.54, 1.807) is 0 Å². The zero-order valence-corrected chi connectivity index (χ0v) is 44.6. The molecule has 4 saturated carbocycles. The highest BCUT2D eigenvalue weighted by Gasteiger charge is 2.68. The van der Waals surface area contributed by atoms with Crippen LogP contribution >= 0.6 is 0 Å². The van der Waals surface area contributed by atoms with Crippen LogP contribution in [0.4, 0.5) is 0 Å². The van der Waals surface area contributed by atoms with Gasteiger partial charge in [0.2, 0.25) is 17.7 Å². The summed E-state index contributed by atoms with van der Waals surface area (Å²) in [5.74, 6) is -4.03. The predicted octanol–water partition coefficient (Wildman–Crippen LogP) is 5.23. The third-order valence-corrected chi connectivity index (χ3v) is 18.2. The van der Waals surface area contributed by atoms with Crippen LogP contribution < -0.4 is 33.2 Å². The molecular formula is C55H88N6O11. The average molecular weight is 1010 g/mol. The van der Waals surface area contributed by atoms with Crippen molar-refractivity contribution >= 4 is 41.6 Å². The molecule has 0 aromatic heterocycles. The summed E-state index contributed by atoms with van der Waals surface area (Å²) >= 11 is 0. The van der Waals surface area contributed by atoms with E-state index in [2.05, 4.69) is 36.7 Å². The van der Waals surface area contributed by atoms with E-state index in [0.717, 1.165) is 18.4 Å². The fourth-order valence-electron chi connectivity index (χ4n) is 12.8. The lowest BCUT2D eigenvalue weighted by Crippen LogP contribution is -2.64. The van der Waals surface area contributed by atoms with Gasteiger partial charge in [-0.1, -0.05) is 112 Å². The van der Waals surface area contributed by atoms with Crippen molar-refractivity contribution < 1.29 is 52.5 Å². The second-order valence-electron chi connectivity index (χ2n) is 22.5. The maximum atomic E-state index is 14.1. The summed E-state index contributed by atoms with van der Waals surface area (Å²) in [5, 5.41) is 8.05. The van der Waals surface area contributed by atoms with Crippen LogP contribution in [0.1, 0.15) is 145 Å². The Morgan fingerprint density at radius 3 is 1.68 bits per heavy atom. The molecule has 5 rings (SSSR count). The summed E-state index contributed by atoms with van der Waals surface area (Å²) < 4.78 is 24.8. The lowest BCUT2D eigenvalue weighted by molar-refractivity contribution is -0.225. The normalized spacial score (nSPS) is 30.4. The van der Waals surface area contributed by atoms with E-state index >= 15 is 0 Å². The highest BCUT2D eigenvalue weighted by molar-refractivity contribution is 5.87. The first kappa shape index (κ1) is 58.3. The van der Waals surface area contributed by atoms with Crippen molar-refractivity contribution in [3.05, 3.63) is 35.9 Å². The van der Waals surface area contributed by atoms with Crippen LogP contribution in [0.5, 0.6) is 0 Å². The van der Waals surface area contributed by atoms with Gasteiger partial charge in [0.1, 0.15) is 44.6 Å². The number of amides is 3. The molecule has 1 aromatic carbocycles. The van der Waals surface area contributed by atoms with Crippen molar-refractivity contribution in [1.82, 2.24) is 16.0 Å². The lowest BCUT2D eigenvalue weighted by Gasteiger charge is -2.64. The van der Waals surface area contributed by atoms with Crippen LogP contribution in [-0.2, 0) is 59.1 Å². The van der Waals surface area contributed by atoms with Crippen molar-refractivity contribution in [3.63, 3.8) is 0 Å². The molecular weight excluding hydrogens is 921 g/mol. The molecule has 4 aliphatic carbocycles. The number of rotatable bonds is 24. The highest BCUT2D eigenvalue weighted by atomic mass is 16.6. The summed E-state index contributed by atoms with van der Waals surface area (Å²) in [6, 6.07) is 7.20. The number of nitrogens with two attached hydrogens (primary N) is 3. The molecule has 0 bridgehead atoms. The minimum absolute atomic E-state index is 0.00447. The second kappa shape index (κ2) is 26.0. The van der Waals surface area contributed by atoms with Crippen molar-refractivity contribution in [2.75, 3.05) is 19.6 Å². The van der Waals surface area contributed by atoms with Gasteiger partial charge in [0.05, 0.1) is 18.1 Å². The Bertz CT molecular complexity index is 2030. The number of benzene rings is 1. The summed E-state index contributed by atoms with van der Waals surface area (Å²) in [6.07, 6.45) is 5.35. The SMILES string of the molecule is CC[C@H](C)[C@H](N)C(=O)NCC(=O)O[C@@H]1CC[C@@]2(C)[C@@H](C1)C[C@@H](OC(=O)CNC(=O)[C@@H](N)[C@@H](C)CC)[C@@H]1[C@@H]2C[C@H](OC(=O)CNC(=O)[C@@H](N)[C@@H](C)CC)[C@]2(C)[C@@H]([C@H](C)CCC(=O)OCc3ccccc3)CC[C@@H]12. The van der Waals surface area contributed by atoms with Crippen LogP contribution in [0.25, 0.3) is 0 Å². The van der Waals surface area contributed by atoms with Crippen LogP contribution in [0.2, 0.25) is 0 Å². The van der Waals surface area contributed by atoms with Gasteiger partial charge in [0, 0.05) is 17.8 Å². The number of ether oxygens (including phenoxy) is 4. The molecule has 4 aliphatic rings. The second-order valence-corrected chi connectivity index (χ2v) is 22.5. The summed E-state index contributed by atoms with van der Waals surface area (Å²) in [5.41, 5.74) is 18.4. The van der Waals surface area contributed by atoms with Gasteiger partial charge in [-0.05, 0) is 110 Å². The molecule has 0 spiro atoms. The van der Waals surface area contributed by atoms with Gasteiger partial charge in [0.25, 0.3) is 0 Å². The fourth-order valence-corrected chi connectivity index (χ4v) is 12.8. The van der Waals surface area contributed by atoms with Gasteiger partial charge < -0.3 is 52.1 Å². The zero-order chi connectivity index (χ0) is 53.1. The largest absolute Gasteiger partial charge is 0.461 e. The first-order valence-electron chi connectivity index (χ1n) is 27.0. The lowest BCUT2D eigenvalue weighted by atomic mass is 9.43. The highest BCUT2D eigenvalue weighted by Crippen LogP contribution is 2.69. The van der Waals surface area contributed by atoms with Crippen molar-refractivity contribution in [3.8, 4) is 0 Å². The number of hydrogen-bond acceptors (Lipinski definition) is 14. The molecule has 404 valence electrons. The Kier molecular flexibility index (Phi) is 21.1. The fraction of sp³-hybridized carbons (Fsp3) is 0.764. The van der Waals surface area contributed by atoms with E-state index in [-0.39, 0.29) is 97.3 Å². The maximum Gasteiger partial charge on any atom is 0.325 e. The molecule has 0 heterocycles. The monoisotopic (exact) mass is 1010 g/mol. The smallest absolute Gasteiger partial charge is 0.325 e. The summed E-state index contributed by atoms with van der Waals surface area (Å²) in [7, 11) is 0. The van der Waals surface area contributed by atoms with Crippen LogP contribution in [0.3, 0.4) is 0 Å². The van der Waals surface area contributed by atoms with Gasteiger partial charge in [0.15, 0.2) is 0 Å². The number of fused-ring (bicyclic) bond motifs is 5. The third kappa shape index (κ3) is 14.0. The Hall–Kier alpha value is -4.61. The molecule has 4 fully saturated rings. The van der Waals surface area contributed by atoms with Gasteiger partial charge in [-0.25, -0.2) is 0 Å². The molecule has 0 saturated heterocycles. The molecule has 17 heteroatoms. The third-order valence-electron chi connectivity index (χ3n) is 18.2. The topological polar surface area (TPSA) is 271 Å². The molecule has 17 atom stereocenters. The van der Waals surface area contributed by atoms with E-state index < -0.39 is 77.5 Å². The van der Waals surface area contributed by atoms with Crippen LogP contribution in [0.15, 0.2) is 30.3 Å². The summed E-state index contributed by atoms with van der Waals surface area (Å²) in [4.78, 5) is 93.2. The van der Waals surface area contributed by atoms with Crippen molar-refractivity contribution in [2.24, 2.45) is 81.3 Å². The molecule has 9 N–H and O–H groups in total. The molecule has 1 aromatic rings. The number of hydrogen-bond donors (Lipinski definition) is 6. The minimum Gasteiger partial charge on any atom is -0.461 e. The minimum atomic E-state index is -0.791. The first-order chi connectivity index (χ1) is 34.1. The predicted molar refractivity (Wildman–Crippen MR) is 272 cm³/mol. The van der Waals surface area contributed by atoms with Crippen molar-refractivity contribution in [2.45, 2.75) is 182 Å². The van der Waals surface area contributed by atoms with Gasteiger partial charge >= 0.3 is 23.9 Å². The first-order valence-corrected chi connectivity index (χ1v) is 27.0. The maximum absolute atomic E-state index is 14.1. The molecule has 0 unspecified atom stereocenters. The molecule has 72 heavy (non-hydrogen) atoms. The Balaban J connectivity index is 1.43. The van der Waals surface area contributed by atoms with E-state index in [0.29, 0.717) is 57.8 Å². The zero-order valence-electron chi connectivity index (χ0n) is 44.6. The van der Waals surface area contributed by atoms with E-state index in [1.165, 1.54) is 0 Å². The van der Waals surface area contributed by atoms with E-state index in [9.17, 15) is 33.6 Å². The number of esters is 4. The number of carbonyl (C=O) groups excluding carboxylic acids is 7. The average Bonchev–Trinajstić information content (AvgIpc) is 3.74. The summed E-state index contributed by atoms with van der Waals surface area (Å²) in [6.45, 7) is 17.2. The van der Waals surface area contributed by atoms with Gasteiger partial charge in [-0.2, -0.15) is 0 Å². The van der Waals surface area contributed by atoms with E-state index in [4.69, 9.17) is 36.1 Å². The molecule has 0 radical (unpaired) electrons. The molecule has 3 amide bonds. The van der Waals surface area contributed by atoms with Gasteiger partial charge in [-0.15, -0.1) is 0 Å². The van der Waals surface area contributed by atoms with Crippen molar-refractivity contribution in [1.29, 1.82) is 0 Å². The number of nitrogens with one attached hydrogen (secondary N) is 3. The van der Waals surface area contributed by atoms with E-state index in [1.807, 2.05) is 71.9 Å². The van der Waals surface area contributed by atoms with Crippen LogP contribution in [-0.4, -0.2) is 97.7 Å². The molecule has 0 aliphatic heterocycles.